The Hall–Kier alpha value is -13.2. The topological polar surface area (TPSA) is 21.3 Å². The van der Waals surface area contributed by atoms with Crippen LogP contribution in [0.1, 0.15) is 158 Å². The molecule has 127 heavy (non-hydrogen) atoms. The van der Waals surface area contributed by atoms with Crippen molar-refractivity contribution >= 4 is 154 Å². The number of aromatic nitrogens is 3. The molecular formula is C120H108BN5S. The number of benzene rings is 16. The Morgan fingerprint density at radius 2 is 0.528 bits per heavy atom. The monoisotopic (exact) mass is 1660 g/mol. The third kappa shape index (κ3) is 12.8. The van der Waals surface area contributed by atoms with Crippen molar-refractivity contribution in [2.24, 2.45) is 0 Å². The molecule has 0 N–H and O–H groups in total. The molecule has 0 unspecified atom stereocenters. The second-order valence-corrected chi connectivity index (χ2v) is 43.2. The van der Waals surface area contributed by atoms with Crippen molar-refractivity contribution in [1.29, 1.82) is 0 Å². The van der Waals surface area contributed by atoms with Crippen molar-refractivity contribution in [2.45, 2.75) is 157 Å². The summed E-state index contributed by atoms with van der Waals surface area (Å²) in [5, 5.41) is 9.95. The molecule has 22 rings (SSSR count). The molecule has 0 spiro atoms. The third-order valence-corrected chi connectivity index (χ3v) is 28.9. The Morgan fingerprint density at radius 3 is 0.874 bits per heavy atom. The summed E-state index contributed by atoms with van der Waals surface area (Å²) >= 11 is 1.96. The van der Waals surface area contributed by atoms with Gasteiger partial charge in [-0.05, 0) is 214 Å². The van der Waals surface area contributed by atoms with Gasteiger partial charge in [0.2, 0.25) is 0 Å². The fourth-order valence-corrected chi connectivity index (χ4v) is 22.2. The minimum Gasteiger partial charge on any atom is -0.310 e. The maximum absolute atomic E-state index is 2.80. The zero-order valence-electron chi connectivity index (χ0n) is 76.4. The van der Waals surface area contributed by atoms with E-state index in [2.05, 4.69) is 476 Å². The highest BCUT2D eigenvalue weighted by molar-refractivity contribution is 7.28. The molecule has 0 saturated carbocycles. The van der Waals surface area contributed by atoms with E-state index < -0.39 is 0 Å². The van der Waals surface area contributed by atoms with E-state index in [1.807, 2.05) is 11.3 Å². The maximum Gasteiger partial charge on any atom is 0.254 e. The summed E-state index contributed by atoms with van der Waals surface area (Å²) in [5.74, 6) is 0. The minimum atomic E-state index is -0.381. The summed E-state index contributed by atoms with van der Waals surface area (Å²) in [6, 6.07) is 128. The predicted octanol–water partition coefficient (Wildman–Crippen LogP) is 31.9. The molecule has 0 aliphatic carbocycles. The minimum absolute atomic E-state index is 0.0940. The summed E-state index contributed by atoms with van der Waals surface area (Å²) in [7, 11) is 0. The number of hydrogen-bond acceptors (Lipinski definition) is 3. The van der Waals surface area contributed by atoms with Gasteiger partial charge in [0.15, 0.2) is 0 Å². The summed E-state index contributed by atoms with van der Waals surface area (Å²) in [6.07, 6.45) is 0. The Kier molecular flexibility index (Phi) is 18.0. The quantitative estimate of drug-likeness (QED) is 0.134. The molecule has 0 saturated heterocycles. The molecule has 16 aromatic carbocycles. The van der Waals surface area contributed by atoms with E-state index in [0.717, 1.165) is 107 Å². The predicted molar refractivity (Wildman–Crippen MR) is 550 cm³/mol. The van der Waals surface area contributed by atoms with Gasteiger partial charge in [-0.1, -0.05) is 343 Å². The van der Waals surface area contributed by atoms with Gasteiger partial charge in [0.25, 0.3) is 6.71 Å². The molecule has 0 amide bonds. The average Bonchev–Trinajstić information content (AvgIpc) is 1.66. The van der Waals surface area contributed by atoms with E-state index in [9.17, 15) is 0 Å². The van der Waals surface area contributed by atoms with Crippen molar-refractivity contribution in [1.82, 2.24) is 13.7 Å². The SMILES string of the molecule is CC(C)(C)c1ccc2c(c1)c1cc(C(C)(C)C)ccc1n2-c1ccc2c(c1)N(c1c(-c3ccccc3)cccc1-c1ccccc1)c1cc(-n3c4ccc(C(C)(C)C)cc4c4cc(C(C)(C)C)ccc43)cc3c1B2c1c(cc(-n2c4ccc(C(C)(C)C)cc4c4cc(C(C)(C)C)ccc42)c2c1sc1ccccc12)N3c1c(-c2ccccc2)cccc1-c1ccccc1. The lowest BCUT2D eigenvalue weighted by Gasteiger charge is -2.46. The zero-order chi connectivity index (χ0) is 87.6. The van der Waals surface area contributed by atoms with Gasteiger partial charge in [0, 0.05) is 103 Å². The van der Waals surface area contributed by atoms with Crippen molar-refractivity contribution in [3.8, 4) is 61.6 Å². The molecule has 5 nitrogen and oxygen atoms in total. The van der Waals surface area contributed by atoms with Crippen LogP contribution in [0.15, 0.2) is 328 Å². The van der Waals surface area contributed by atoms with Crippen LogP contribution in [-0.2, 0) is 32.5 Å². The average molecular weight is 1660 g/mol. The number of thiophene rings is 1. The fraction of sp³-hybridized carbons (Fsp3) is 0.200. The largest absolute Gasteiger partial charge is 0.310 e. The Labute approximate surface area is 751 Å². The van der Waals surface area contributed by atoms with Crippen LogP contribution in [0.3, 0.4) is 0 Å². The van der Waals surface area contributed by atoms with Crippen molar-refractivity contribution < 1.29 is 0 Å². The molecule has 4 aromatic heterocycles. The van der Waals surface area contributed by atoms with Gasteiger partial charge in [-0.3, -0.25) is 0 Å². The number of nitrogens with zero attached hydrogens (tertiary/aromatic N) is 5. The standard InChI is InChI=1S/C120H108BN5S/c1-115(2,3)77-49-57-97-90(63-77)91-64-78(116(4,5)6)50-58-98(91)122(97)83-55-56-96-103(69-83)125(112-85(73-35-23-19-24-36-73)44-33-45-86(112)74-37-25-20-26-38-74)105-70-84(123-99-59-51-79(117(7,8)9)65-92(99)93-66-80(118(10,11)12)52-60-100(93)123)71-106-110(105)121(96)111-107(126(106)113-87(75-39-27-21-28-40-75)46-34-47-88(113)76-41-29-22-30-42-76)72-104(109-89-43-31-32-48-108(89)127-114(109)111)124-101-61-53-81(119(13,14)15)67-94(101)95-68-82(120(16,17)18)54-62-102(95)124/h19-72H,1-18H3. The molecule has 0 radical (unpaired) electrons. The lowest BCUT2D eigenvalue weighted by molar-refractivity contribution is 0.590. The zero-order valence-corrected chi connectivity index (χ0v) is 77.2. The summed E-state index contributed by atoms with van der Waals surface area (Å²) in [4.78, 5) is 5.57. The van der Waals surface area contributed by atoms with Crippen molar-refractivity contribution in [2.75, 3.05) is 9.80 Å². The van der Waals surface area contributed by atoms with Crippen molar-refractivity contribution in [3.05, 3.63) is 361 Å². The van der Waals surface area contributed by atoms with Gasteiger partial charge in [-0.15, -0.1) is 11.3 Å². The molecule has 6 heterocycles. The normalized spacial score (nSPS) is 13.4. The van der Waals surface area contributed by atoms with E-state index >= 15 is 0 Å². The maximum atomic E-state index is 2.80. The van der Waals surface area contributed by atoms with Crippen LogP contribution < -0.4 is 26.2 Å². The molecule has 2 aliphatic heterocycles. The molecule has 0 bridgehead atoms. The van der Waals surface area contributed by atoms with E-state index in [1.54, 1.807) is 0 Å². The number of anilines is 6. The van der Waals surface area contributed by atoms with Crippen LogP contribution in [0, 0.1) is 0 Å². The van der Waals surface area contributed by atoms with Gasteiger partial charge in [0.1, 0.15) is 0 Å². The van der Waals surface area contributed by atoms with Gasteiger partial charge in [-0.25, -0.2) is 0 Å². The first-order valence-corrected chi connectivity index (χ1v) is 46.3. The lowest BCUT2D eigenvalue weighted by Crippen LogP contribution is -2.61. The number of para-hydroxylation sites is 2. The van der Waals surface area contributed by atoms with E-state index in [-0.39, 0.29) is 39.2 Å². The van der Waals surface area contributed by atoms with Gasteiger partial charge in [-0.2, -0.15) is 0 Å². The third-order valence-electron chi connectivity index (χ3n) is 27.7. The van der Waals surface area contributed by atoms with Crippen LogP contribution in [-0.4, -0.2) is 20.4 Å². The van der Waals surface area contributed by atoms with Crippen LogP contribution in [0.2, 0.25) is 0 Å². The van der Waals surface area contributed by atoms with Crippen LogP contribution >= 0.6 is 11.3 Å². The summed E-state index contributed by atoms with van der Waals surface area (Å²) in [6.45, 7) is 42.0. The highest BCUT2D eigenvalue weighted by Gasteiger charge is 2.48. The van der Waals surface area contributed by atoms with Gasteiger partial charge >= 0.3 is 0 Å². The highest BCUT2D eigenvalue weighted by Crippen LogP contribution is 2.57. The van der Waals surface area contributed by atoms with Crippen LogP contribution in [0.4, 0.5) is 34.1 Å². The first kappa shape index (κ1) is 79.7. The molecule has 0 fully saturated rings. The molecule has 2 aliphatic rings. The summed E-state index contributed by atoms with van der Waals surface area (Å²) < 4.78 is 10.4. The second kappa shape index (κ2) is 28.7. The molecule has 0 atom stereocenters. The fourth-order valence-electron chi connectivity index (χ4n) is 20.9. The van der Waals surface area contributed by atoms with Crippen molar-refractivity contribution in [3.63, 3.8) is 0 Å². The highest BCUT2D eigenvalue weighted by atomic mass is 32.1. The van der Waals surface area contributed by atoms with E-state index in [1.165, 1.54) is 124 Å². The Morgan fingerprint density at radius 1 is 0.228 bits per heavy atom. The van der Waals surface area contributed by atoms with Gasteiger partial charge < -0.3 is 23.5 Å². The van der Waals surface area contributed by atoms with Crippen LogP contribution in [0.25, 0.3) is 147 Å². The number of hydrogen-bond donors (Lipinski definition) is 0. The lowest BCUT2D eigenvalue weighted by atomic mass is 9.33. The van der Waals surface area contributed by atoms with E-state index in [4.69, 9.17) is 0 Å². The number of rotatable bonds is 9. The number of fused-ring (bicyclic) bond motifs is 17. The van der Waals surface area contributed by atoms with Gasteiger partial charge in [0.05, 0.1) is 55.8 Å². The first-order chi connectivity index (χ1) is 60.8. The first-order valence-electron chi connectivity index (χ1n) is 45.5. The Bertz CT molecular complexity index is 7580. The van der Waals surface area contributed by atoms with Crippen LogP contribution in [0.5, 0.6) is 0 Å². The smallest absolute Gasteiger partial charge is 0.254 e. The molecule has 7 heteroatoms. The van der Waals surface area contributed by atoms with E-state index in [0.29, 0.717) is 0 Å². The molecule has 622 valence electrons. The Balaban J connectivity index is 0.979. The second-order valence-electron chi connectivity index (χ2n) is 42.1. The molecular weight excluding hydrogens is 1550 g/mol. The summed E-state index contributed by atoms with van der Waals surface area (Å²) in [5.41, 5.74) is 36.8. The molecule has 20 aromatic rings.